The van der Waals surface area contributed by atoms with Crippen LogP contribution in [0.4, 0.5) is 0 Å². The van der Waals surface area contributed by atoms with Crippen molar-refractivity contribution in [3.8, 4) is 11.5 Å². The van der Waals surface area contributed by atoms with Crippen molar-refractivity contribution in [2.75, 3.05) is 0 Å². The average molecular weight is 304 g/mol. The van der Waals surface area contributed by atoms with Gasteiger partial charge in [-0.05, 0) is 30.3 Å². The smallest absolute Gasteiger partial charge is 0.153 e. The lowest BCUT2D eigenvalue weighted by atomic mass is 10.2. The van der Waals surface area contributed by atoms with Gasteiger partial charge in [0.25, 0.3) is 0 Å². The Kier molecular flexibility index (Phi) is 3.77. The van der Waals surface area contributed by atoms with E-state index in [2.05, 4.69) is 4.98 Å². The van der Waals surface area contributed by atoms with Crippen LogP contribution in [0.1, 0.15) is 5.56 Å². The first-order valence-electron chi connectivity index (χ1n) is 6.14. The van der Waals surface area contributed by atoms with Gasteiger partial charge in [-0.3, -0.25) is 4.98 Å². The zero-order chi connectivity index (χ0) is 13.9. The number of alkyl halides is 1. The lowest BCUT2D eigenvalue weighted by Gasteiger charge is -2.11. The minimum atomic E-state index is 0.341. The van der Waals surface area contributed by atoms with Crippen molar-refractivity contribution < 1.29 is 4.74 Å². The van der Waals surface area contributed by atoms with Crippen molar-refractivity contribution in [2.45, 2.75) is 5.88 Å². The highest BCUT2D eigenvalue weighted by Crippen LogP contribution is 2.32. The molecule has 1 heterocycles. The van der Waals surface area contributed by atoms with Crippen LogP contribution in [0, 0.1) is 0 Å². The van der Waals surface area contributed by atoms with Crippen LogP contribution in [-0.2, 0) is 5.88 Å². The number of benzene rings is 2. The molecule has 0 bridgehead atoms. The lowest BCUT2D eigenvalue weighted by Crippen LogP contribution is -1.91. The predicted octanol–water partition coefficient (Wildman–Crippen LogP) is 5.42. The molecule has 0 N–H and O–H groups in total. The normalized spacial score (nSPS) is 10.7. The molecule has 0 saturated carbocycles. The van der Waals surface area contributed by atoms with E-state index >= 15 is 0 Å². The van der Waals surface area contributed by atoms with E-state index in [1.165, 1.54) is 0 Å². The number of ether oxygens (including phenoxy) is 1. The highest BCUT2D eigenvalue weighted by Gasteiger charge is 2.08. The summed E-state index contributed by atoms with van der Waals surface area (Å²) in [6.45, 7) is 0. The Morgan fingerprint density at radius 2 is 1.85 bits per heavy atom. The number of nitrogens with zero attached hydrogens (tertiary/aromatic N) is 1. The lowest BCUT2D eigenvalue weighted by molar-refractivity contribution is 0.483. The molecule has 3 rings (SSSR count). The van der Waals surface area contributed by atoms with Gasteiger partial charge < -0.3 is 4.74 Å². The van der Waals surface area contributed by atoms with Gasteiger partial charge in [0.1, 0.15) is 11.3 Å². The number of aromatic nitrogens is 1. The zero-order valence-electron chi connectivity index (χ0n) is 10.5. The van der Waals surface area contributed by atoms with Gasteiger partial charge in [-0.15, -0.1) is 11.6 Å². The molecule has 0 unspecified atom stereocenters. The van der Waals surface area contributed by atoms with Crippen LogP contribution >= 0.6 is 23.2 Å². The van der Waals surface area contributed by atoms with Gasteiger partial charge in [0, 0.05) is 22.2 Å². The van der Waals surface area contributed by atoms with Crippen molar-refractivity contribution in [1.82, 2.24) is 4.98 Å². The molecule has 3 aromatic rings. The molecule has 2 aromatic carbocycles. The number of hydrogen-bond donors (Lipinski definition) is 0. The number of halogens is 2. The molecule has 2 nitrogen and oxygen atoms in total. The highest BCUT2D eigenvalue weighted by molar-refractivity contribution is 6.30. The van der Waals surface area contributed by atoms with Crippen LogP contribution in [-0.4, -0.2) is 4.98 Å². The molecule has 0 fully saturated rings. The van der Waals surface area contributed by atoms with Gasteiger partial charge in [0.2, 0.25) is 0 Å². The monoisotopic (exact) mass is 303 g/mol. The average Bonchev–Trinajstić information content (AvgIpc) is 2.49. The van der Waals surface area contributed by atoms with E-state index in [1.807, 2.05) is 42.5 Å². The Bertz CT molecular complexity index is 753. The highest BCUT2D eigenvalue weighted by atomic mass is 35.5. The predicted molar refractivity (Wildman–Crippen MR) is 82.8 cm³/mol. The molecule has 0 saturated heterocycles. The third-order valence-electron chi connectivity index (χ3n) is 2.98. The number of rotatable bonds is 3. The molecule has 0 aliphatic carbocycles. The van der Waals surface area contributed by atoms with E-state index in [0.29, 0.717) is 22.4 Å². The van der Waals surface area contributed by atoms with Gasteiger partial charge in [-0.2, -0.15) is 0 Å². The number of para-hydroxylation sites is 1. The van der Waals surface area contributed by atoms with Crippen LogP contribution < -0.4 is 4.74 Å². The van der Waals surface area contributed by atoms with Gasteiger partial charge in [0.15, 0.2) is 5.75 Å². The van der Waals surface area contributed by atoms with Gasteiger partial charge in [-0.25, -0.2) is 0 Å². The van der Waals surface area contributed by atoms with Crippen molar-refractivity contribution in [2.24, 2.45) is 0 Å². The number of pyridine rings is 1. The Labute approximate surface area is 126 Å². The topological polar surface area (TPSA) is 22.1 Å². The quantitative estimate of drug-likeness (QED) is 0.603. The Hall–Kier alpha value is -1.77. The molecule has 0 radical (unpaired) electrons. The molecule has 0 amide bonds. The summed E-state index contributed by atoms with van der Waals surface area (Å²) in [5.74, 6) is 1.74. The number of hydrogen-bond acceptors (Lipinski definition) is 2. The van der Waals surface area contributed by atoms with Crippen LogP contribution in [0.3, 0.4) is 0 Å². The van der Waals surface area contributed by atoms with Crippen LogP contribution in [0.5, 0.6) is 11.5 Å². The summed E-state index contributed by atoms with van der Waals surface area (Å²) >= 11 is 11.9. The second-order valence-electron chi connectivity index (χ2n) is 4.32. The first-order valence-corrected chi connectivity index (χ1v) is 7.05. The first-order chi connectivity index (χ1) is 9.78. The van der Waals surface area contributed by atoms with Gasteiger partial charge in [-0.1, -0.05) is 29.8 Å². The summed E-state index contributed by atoms with van der Waals surface area (Å²) in [5.41, 5.74) is 1.68. The summed E-state index contributed by atoms with van der Waals surface area (Å²) in [4.78, 5) is 4.37. The maximum absolute atomic E-state index is 5.97. The summed E-state index contributed by atoms with van der Waals surface area (Å²) in [7, 11) is 0. The summed E-state index contributed by atoms with van der Waals surface area (Å²) < 4.78 is 5.96. The second-order valence-corrected chi connectivity index (χ2v) is 5.02. The fourth-order valence-corrected chi connectivity index (χ4v) is 2.43. The SMILES string of the molecule is ClCc1cc(Cl)ccc1Oc1cccc2cccnc12. The third-order valence-corrected chi connectivity index (χ3v) is 3.51. The van der Waals surface area contributed by atoms with Gasteiger partial charge in [0.05, 0.1) is 5.88 Å². The molecular weight excluding hydrogens is 293 g/mol. The zero-order valence-corrected chi connectivity index (χ0v) is 12.0. The van der Waals surface area contributed by atoms with E-state index < -0.39 is 0 Å². The van der Waals surface area contributed by atoms with Crippen LogP contribution in [0.25, 0.3) is 10.9 Å². The summed E-state index contributed by atoms with van der Waals surface area (Å²) in [6.07, 6.45) is 1.75. The second kappa shape index (κ2) is 5.70. The Morgan fingerprint density at radius 1 is 1.00 bits per heavy atom. The van der Waals surface area contributed by atoms with Crippen molar-refractivity contribution >= 4 is 34.1 Å². The molecule has 4 heteroatoms. The number of fused-ring (bicyclic) bond motifs is 1. The van der Waals surface area contributed by atoms with Crippen LogP contribution in [0.2, 0.25) is 5.02 Å². The Morgan fingerprint density at radius 3 is 2.70 bits per heavy atom. The molecule has 0 aliphatic rings. The van der Waals surface area contributed by atoms with Gasteiger partial charge >= 0.3 is 0 Å². The minimum Gasteiger partial charge on any atom is -0.455 e. The summed E-state index contributed by atoms with van der Waals surface area (Å²) in [6, 6.07) is 15.1. The third kappa shape index (κ3) is 2.58. The Balaban J connectivity index is 2.05. The van der Waals surface area contributed by atoms with Crippen molar-refractivity contribution in [3.63, 3.8) is 0 Å². The van der Waals surface area contributed by atoms with E-state index in [9.17, 15) is 0 Å². The molecule has 20 heavy (non-hydrogen) atoms. The molecule has 0 atom stereocenters. The molecule has 100 valence electrons. The fraction of sp³-hybridized carbons (Fsp3) is 0.0625. The standard InChI is InChI=1S/C16H11Cl2NO/c17-10-12-9-13(18)6-7-14(12)20-15-5-1-3-11-4-2-8-19-16(11)15/h1-9H,10H2. The summed E-state index contributed by atoms with van der Waals surface area (Å²) in [5, 5.41) is 1.68. The molecule has 1 aromatic heterocycles. The molecule has 0 aliphatic heterocycles. The van der Waals surface area contributed by atoms with E-state index in [4.69, 9.17) is 27.9 Å². The maximum atomic E-state index is 5.97. The first kappa shape index (κ1) is 13.2. The fourth-order valence-electron chi connectivity index (χ4n) is 2.03. The molecular formula is C16H11Cl2NO. The molecule has 0 spiro atoms. The van der Waals surface area contributed by atoms with Crippen molar-refractivity contribution in [1.29, 1.82) is 0 Å². The van der Waals surface area contributed by atoms with Crippen molar-refractivity contribution in [3.05, 3.63) is 65.3 Å². The largest absolute Gasteiger partial charge is 0.455 e. The van der Waals surface area contributed by atoms with E-state index in [-0.39, 0.29) is 0 Å². The van der Waals surface area contributed by atoms with Crippen LogP contribution in [0.15, 0.2) is 54.7 Å². The minimum absolute atomic E-state index is 0.341. The maximum Gasteiger partial charge on any atom is 0.153 e. The van der Waals surface area contributed by atoms with E-state index in [0.717, 1.165) is 16.5 Å². The van der Waals surface area contributed by atoms with E-state index in [1.54, 1.807) is 12.3 Å².